The highest BCUT2D eigenvalue weighted by Gasteiger charge is 2.26. The summed E-state index contributed by atoms with van der Waals surface area (Å²) in [4.78, 5) is 14.0. The van der Waals surface area contributed by atoms with Crippen molar-refractivity contribution < 1.29 is 14.6 Å². The van der Waals surface area contributed by atoms with Gasteiger partial charge in [0.15, 0.2) is 0 Å². The quantitative estimate of drug-likeness (QED) is 0.920. The van der Waals surface area contributed by atoms with E-state index in [1.54, 1.807) is 4.90 Å². The van der Waals surface area contributed by atoms with Crippen LogP contribution in [0.5, 0.6) is 0 Å². The molecule has 1 aliphatic heterocycles. The van der Waals surface area contributed by atoms with Crippen molar-refractivity contribution in [3.8, 4) is 0 Å². The number of hydrogen-bond acceptors (Lipinski definition) is 3. The minimum Gasteiger partial charge on any atom is -0.445 e. The lowest BCUT2D eigenvalue weighted by Crippen LogP contribution is -2.40. The molecule has 4 heteroatoms. The number of hydrogen-bond donors (Lipinski definition) is 1. The third-order valence-corrected chi connectivity index (χ3v) is 3.78. The van der Waals surface area contributed by atoms with Crippen LogP contribution in [0.4, 0.5) is 4.79 Å². The Hall–Kier alpha value is -1.55. The van der Waals surface area contributed by atoms with Gasteiger partial charge in [0.25, 0.3) is 0 Å². The van der Waals surface area contributed by atoms with Gasteiger partial charge in [0.05, 0.1) is 0 Å². The summed E-state index contributed by atoms with van der Waals surface area (Å²) < 4.78 is 5.41. The molecule has 20 heavy (non-hydrogen) atoms. The molecule has 0 aromatic heterocycles. The van der Waals surface area contributed by atoms with E-state index in [0.717, 1.165) is 37.8 Å². The van der Waals surface area contributed by atoms with Crippen LogP contribution in [0.1, 0.15) is 37.7 Å². The van der Waals surface area contributed by atoms with Crippen molar-refractivity contribution in [2.24, 2.45) is 0 Å². The van der Waals surface area contributed by atoms with E-state index in [2.05, 4.69) is 0 Å². The predicted molar refractivity (Wildman–Crippen MR) is 77.3 cm³/mol. The normalized spacial score (nSPS) is 19.4. The van der Waals surface area contributed by atoms with Gasteiger partial charge in [-0.15, -0.1) is 0 Å². The zero-order valence-corrected chi connectivity index (χ0v) is 11.8. The molecule has 0 spiro atoms. The minimum atomic E-state index is -0.255. The fraction of sp³-hybridized carbons (Fsp3) is 0.562. The molecular formula is C16H23NO3. The highest BCUT2D eigenvalue weighted by Crippen LogP contribution is 2.20. The molecule has 1 atom stereocenters. The highest BCUT2D eigenvalue weighted by atomic mass is 16.6. The van der Waals surface area contributed by atoms with Gasteiger partial charge in [-0.05, 0) is 24.8 Å². The van der Waals surface area contributed by atoms with E-state index in [1.165, 1.54) is 0 Å². The van der Waals surface area contributed by atoms with E-state index in [-0.39, 0.29) is 18.7 Å². The van der Waals surface area contributed by atoms with Crippen molar-refractivity contribution in [3.05, 3.63) is 35.9 Å². The van der Waals surface area contributed by atoms with E-state index in [1.807, 2.05) is 30.3 Å². The van der Waals surface area contributed by atoms with Crippen LogP contribution < -0.4 is 0 Å². The zero-order valence-electron chi connectivity index (χ0n) is 11.8. The molecule has 1 saturated heterocycles. The summed E-state index contributed by atoms with van der Waals surface area (Å²) >= 11 is 0. The summed E-state index contributed by atoms with van der Waals surface area (Å²) in [7, 11) is 0. The number of rotatable bonds is 4. The van der Waals surface area contributed by atoms with E-state index in [9.17, 15) is 4.79 Å². The Morgan fingerprint density at radius 2 is 2.05 bits per heavy atom. The van der Waals surface area contributed by atoms with Gasteiger partial charge < -0.3 is 14.7 Å². The summed E-state index contributed by atoms with van der Waals surface area (Å²) in [6, 6.07) is 9.82. The first-order valence-corrected chi connectivity index (χ1v) is 7.39. The van der Waals surface area contributed by atoms with Gasteiger partial charge >= 0.3 is 6.09 Å². The molecule has 2 rings (SSSR count). The molecule has 1 heterocycles. The average Bonchev–Trinajstić information content (AvgIpc) is 2.72. The second kappa shape index (κ2) is 7.90. The van der Waals surface area contributed by atoms with Gasteiger partial charge in [-0.1, -0.05) is 43.2 Å². The highest BCUT2D eigenvalue weighted by molar-refractivity contribution is 5.68. The number of aliphatic hydroxyl groups is 1. The van der Waals surface area contributed by atoms with Crippen LogP contribution in [0.25, 0.3) is 0 Å². The Bertz CT molecular complexity index is 407. The Balaban J connectivity index is 1.91. The first-order valence-electron chi connectivity index (χ1n) is 7.39. The second-order valence-corrected chi connectivity index (χ2v) is 5.25. The van der Waals surface area contributed by atoms with E-state index in [0.29, 0.717) is 13.0 Å². The van der Waals surface area contributed by atoms with E-state index >= 15 is 0 Å². The van der Waals surface area contributed by atoms with Crippen LogP contribution in [-0.2, 0) is 11.3 Å². The maximum atomic E-state index is 12.2. The number of amides is 1. The number of carbonyl (C=O) groups is 1. The van der Waals surface area contributed by atoms with Gasteiger partial charge in [-0.3, -0.25) is 0 Å². The van der Waals surface area contributed by atoms with Crippen molar-refractivity contribution in [2.75, 3.05) is 13.2 Å². The molecule has 0 aliphatic carbocycles. The Labute approximate surface area is 120 Å². The fourth-order valence-electron chi connectivity index (χ4n) is 2.67. The Morgan fingerprint density at radius 3 is 2.80 bits per heavy atom. The largest absolute Gasteiger partial charge is 0.445 e. The number of benzene rings is 1. The summed E-state index contributed by atoms with van der Waals surface area (Å²) in [5.74, 6) is 0. The number of likely N-dealkylation sites (tertiary alicyclic amines) is 1. The van der Waals surface area contributed by atoms with Gasteiger partial charge in [0.1, 0.15) is 6.61 Å². The summed E-state index contributed by atoms with van der Waals surface area (Å²) in [5.41, 5.74) is 0.995. The maximum absolute atomic E-state index is 12.2. The third kappa shape index (κ3) is 4.23. The monoisotopic (exact) mass is 277 g/mol. The van der Waals surface area contributed by atoms with Gasteiger partial charge in [0, 0.05) is 19.2 Å². The first kappa shape index (κ1) is 14.9. The summed E-state index contributed by atoms with van der Waals surface area (Å²) in [6.07, 6.45) is 4.62. The number of ether oxygens (including phenoxy) is 1. The smallest absolute Gasteiger partial charge is 0.410 e. The lowest BCUT2D eigenvalue weighted by atomic mass is 10.1. The van der Waals surface area contributed by atoms with Crippen LogP contribution >= 0.6 is 0 Å². The molecule has 0 radical (unpaired) electrons. The van der Waals surface area contributed by atoms with Crippen molar-refractivity contribution in [1.29, 1.82) is 0 Å². The van der Waals surface area contributed by atoms with Crippen LogP contribution in [0.2, 0.25) is 0 Å². The van der Waals surface area contributed by atoms with Gasteiger partial charge in [-0.2, -0.15) is 0 Å². The molecule has 0 bridgehead atoms. The molecular weight excluding hydrogens is 254 g/mol. The van der Waals surface area contributed by atoms with Crippen molar-refractivity contribution in [3.63, 3.8) is 0 Å². The molecule has 1 N–H and O–H groups in total. The Morgan fingerprint density at radius 1 is 1.25 bits per heavy atom. The number of carbonyl (C=O) groups excluding carboxylic acids is 1. The minimum absolute atomic E-state index is 0.116. The molecule has 1 fully saturated rings. The molecule has 110 valence electrons. The van der Waals surface area contributed by atoms with Crippen molar-refractivity contribution in [2.45, 2.75) is 44.8 Å². The lowest BCUT2D eigenvalue weighted by molar-refractivity contribution is 0.0753. The van der Waals surface area contributed by atoms with Gasteiger partial charge in [0.2, 0.25) is 0 Å². The van der Waals surface area contributed by atoms with Crippen LogP contribution in [0.3, 0.4) is 0 Å². The maximum Gasteiger partial charge on any atom is 0.410 e. The van der Waals surface area contributed by atoms with Crippen molar-refractivity contribution in [1.82, 2.24) is 4.90 Å². The van der Waals surface area contributed by atoms with Crippen LogP contribution in [0, 0.1) is 0 Å². The summed E-state index contributed by atoms with van der Waals surface area (Å²) in [5, 5.41) is 9.14. The van der Waals surface area contributed by atoms with Crippen LogP contribution in [0.15, 0.2) is 30.3 Å². The fourth-order valence-corrected chi connectivity index (χ4v) is 2.67. The average molecular weight is 277 g/mol. The van der Waals surface area contributed by atoms with Gasteiger partial charge in [-0.25, -0.2) is 4.79 Å². The predicted octanol–water partition coefficient (Wildman–Crippen LogP) is 2.95. The van der Waals surface area contributed by atoms with Crippen LogP contribution in [-0.4, -0.2) is 35.3 Å². The number of nitrogens with zero attached hydrogens (tertiary/aromatic N) is 1. The van der Waals surface area contributed by atoms with E-state index < -0.39 is 0 Å². The molecule has 1 aromatic rings. The molecule has 1 amide bonds. The SMILES string of the molecule is O=C(OCc1ccccc1)N1CCCCCC1CCO. The summed E-state index contributed by atoms with van der Waals surface area (Å²) in [6.45, 7) is 1.16. The lowest BCUT2D eigenvalue weighted by Gasteiger charge is -2.28. The first-order chi connectivity index (χ1) is 9.81. The molecule has 0 saturated carbocycles. The topological polar surface area (TPSA) is 49.8 Å². The second-order valence-electron chi connectivity index (χ2n) is 5.25. The standard InChI is InChI=1S/C16H23NO3/c18-12-10-15-9-5-2-6-11-17(15)16(19)20-13-14-7-3-1-4-8-14/h1,3-4,7-8,15,18H,2,5-6,9-13H2. The molecule has 1 aliphatic rings. The van der Waals surface area contributed by atoms with Crippen molar-refractivity contribution >= 4 is 6.09 Å². The third-order valence-electron chi connectivity index (χ3n) is 3.78. The molecule has 1 aromatic carbocycles. The Kier molecular flexibility index (Phi) is 5.87. The van der Waals surface area contributed by atoms with E-state index in [4.69, 9.17) is 9.84 Å². The number of aliphatic hydroxyl groups excluding tert-OH is 1. The molecule has 1 unspecified atom stereocenters. The molecule has 4 nitrogen and oxygen atoms in total. The zero-order chi connectivity index (χ0) is 14.2.